The topological polar surface area (TPSA) is 35.5 Å². The van der Waals surface area contributed by atoms with Crippen LogP contribution in [0, 0.1) is 0 Å². The fraction of sp³-hybridized carbons (Fsp3) is 0.167. The lowest BCUT2D eigenvalue weighted by Gasteiger charge is -2.18. The van der Waals surface area contributed by atoms with E-state index in [9.17, 15) is 4.57 Å². The third kappa shape index (κ3) is 3.38. The summed E-state index contributed by atoms with van der Waals surface area (Å²) in [6, 6.07) is 26.7. The van der Waals surface area contributed by atoms with Gasteiger partial charge in [0.2, 0.25) is 0 Å². The molecule has 0 amide bonds. The third-order valence-electron chi connectivity index (χ3n) is 4.84. The number of benzene rings is 4. The molecule has 4 heteroatoms. The molecule has 0 aliphatic heterocycles. The van der Waals surface area contributed by atoms with E-state index in [-0.39, 0.29) is 0 Å². The van der Waals surface area contributed by atoms with Gasteiger partial charge in [-0.15, -0.1) is 0 Å². The Morgan fingerprint density at radius 2 is 1.36 bits per heavy atom. The molecule has 0 aromatic heterocycles. The molecule has 0 N–H and O–H groups in total. The van der Waals surface area contributed by atoms with Crippen LogP contribution < -0.4 is 5.30 Å². The normalized spacial score (nSPS) is 11.9. The maximum atomic E-state index is 13.2. The van der Waals surface area contributed by atoms with Crippen LogP contribution in [0.2, 0.25) is 0 Å². The van der Waals surface area contributed by atoms with Crippen LogP contribution in [0.25, 0.3) is 32.7 Å². The molecule has 0 saturated carbocycles. The lowest BCUT2D eigenvalue weighted by molar-refractivity contribution is 0.230. The lowest BCUT2D eigenvalue weighted by atomic mass is 9.93. The van der Waals surface area contributed by atoms with Gasteiger partial charge in [0, 0.05) is 0 Å². The molecule has 0 unspecified atom stereocenters. The molecule has 0 aliphatic rings. The van der Waals surface area contributed by atoms with Gasteiger partial charge >= 0.3 is 7.60 Å². The Morgan fingerprint density at radius 1 is 0.714 bits per heavy atom. The molecule has 0 bridgehead atoms. The summed E-state index contributed by atoms with van der Waals surface area (Å²) in [5.41, 5.74) is 2.11. The highest BCUT2D eigenvalue weighted by Gasteiger charge is 2.27. The summed E-state index contributed by atoms with van der Waals surface area (Å²) >= 11 is 0. The van der Waals surface area contributed by atoms with Gasteiger partial charge in [0.1, 0.15) is 0 Å². The standard InChI is InChI=1S/C24H23O3P/c1-3-26-28(25,27-4-2)20-12-9-11-18(16-20)24-17-19-10-5-6-13-21(19)22-14-7-8-15-23(22)24/h5-17H,3-4H2,1-2H3. The summed E-state index contributed by atoms with van der Waals surface area (Å²) < 4.78 is 24.3. The maximum Gasteiger partial charge on any atom is 0.361 e. The molecule has 0 atom stereocenters. The van der Waals surface area contributed by atoms with Crippen LogP contribution in [0.5, 0.6) is 0 Å². The van der Waals surface area contributed by atoms with Gasteiger partial charge < -0.3 is 9.05 Å². The molecule has 4 rings (SSSR count). The van der Waals surface area contributed by atoms with Crippen LogP contribution in [0.4, 0.5) is 0 Å². The first-order valence-electron chi connectivity index (χ1n) is 9.57. The first kappa shape index (κ1) is 18.9. The van der Waals surface area contributed by atoms with E-state index in [1.807, 2.05) is 38.1 Å². The van der Waals surface area contributed by atoms with Crippen molar-refractivity contribution in [3.05, 3.63) is 78.9 Å². The van der Waals surface area contributed by atoms with Crippen molar-refractivity contribution in [1.82, 2.24) is 0 Å². The maximum absolute atomic E-state index is 13.2. The van der Waals surface area contributed by atoms with Gasteiger partial charge in [-0.3, -0.25) is 4.57 Å². The van der Waals surface area contributed by atoms with Gasteiger partial charge in [0.25, 0.3) is 0 Å². The van der Waals surface area contributed by atoms with E-state index in [0.717, 1.165) is 11.1 Å². The first-order valence-corrected chi connectivity index (χ1v) is 11.1. The Hall–Kier alpha value is -2.45. The van der Waals surface area contributed by atoms with Crippen molar-refractivity contribution >= 4 is 34.4 Å². The van der Waals surface area contributed by atoms with Gasteiger partial charge in [-0.25, -0.2) is 0 Å². The van der Waals surface area contributed by atoms with Crippen LogP contribution >= 0.6 is 7.60 Å². The average molecular weight is 390 g/mol. The molecule has 0 spiro atoms. The number of rotatable bonds is 6. The quantitative estimate of drug-likeness (QED) is 0.277. The molecule has 0 radical (unpaired) electrons. The summed E-state index contributed by atoms with van der Waals surface area (Å²) in [6.07, 6.45) is 0. The Kier molecular flexibility index (Phi) is 5.32. The van der Waals surface area contributed by atoms with E-state index in [0.29, 0.717) is 18.5 Å². The van der Waals surface area contributed by atoms with Crippen molar-refractivity contribution in [2.75, 3.05) is 13.2 Å². The van der Waals surface area contributed by atoms with Crippen LogP contribution in [-0.4, -0.2) is 13.2 Å². The summed E-state index contributed by atoms with van der Waals surface area (Å²) in [5.74, 6) is 0. The van der Waals surface area contributed by atoms with E-state index >= 15 is 0 Å². The average Bonchev–Trinajstić information content (AvgIpc) is 2.74. The second-order valence-electron chi connectivity index (χ2n) is 6.57. The largest absolute Gasteiger partial charge is 0.361 e. The molecule has 4 aromatic carbocycles. The minimum absolute atomic E-state index is 0.334. The fourth-order valence-corrected chi connectivity index (χ4v) is 5.28. The molecule has 3 nitrogen and oxygen atoms in total. The van der Waals surface area contributed by atoms with Crippen molar-refractivity contribution < 1.29 is 13.6 Å². The van der Waals surface area contributed by atoms with Crippen molar-refractivity contribution in [2.45, 2.75) is 13.8 Å². The van der Waals surface area contributed by atoms with Crippen LogP contribution in [0.1, 0.15) is 13.8 Å². The predicted molar refractivity (Wildman–Crippen MR) is 117 cm³/mol. The van der Waals surface area contributed by atoms with Gasteiger partial charge in [-0.05, 0) is 64.7 Å². The highest BCUT2D eigenvalue weighted by atomic mass is 31.2. The number of fused-ring (bicyclic) bond motifs is 3. The summed E-state index contributed by atoms with van der Waals surface area (Å²) in [7, 11) is -3.33. The first-order chi connectivity index (χ1) is 13.7. The molecular weight excluding hydrogens is 367 g/mol. The smallest absolute Gasteiger partial charge is 0.305 e. The summed E-state index contributed by atoms with van der Waals surface area (Å²) in [5, 5.41) is 5.37. The van der Waals surface area contributed by atoms with E-state index < -0.39 is 7.60 Å². The van der Waals surface area contributed by atoms with Crippen LogP contribution in [0.15, 0.2) is 78.9 Å². The molecule has 0 fully saturated rings. The SMILES string of the molecule is CCOP(=O)(OCC)c1cccc(-c2cc3ccccc3c3ccccc23)c1. The van der Waals surface area contributed by atoms with Crippen LogP contribution in [0.3, 0.4) is 0 Å². The van der Waals surface area contributed by atoms with Crippen molar-refractivity contribution in [1.29, 1.82) is 0 Å². The highest BCUT2D eigenvalue weighted by Crippen LogP contribution is 2.47. The summed E-state index contributed by atoms with van der Waals surface area (Å²) in [6.45, 7) is 4.32. The zero-order valence-electron chi connectivity index (χ0n) is 16.1. The Morgan fingerprint density at radius 3 is 2.07 bits per heavy atom. The lowest BCUT2D eigenvalue weighted by Crippen LogP contribution is -2.10. The zero-order valence-corrected chi connectivity index (χ0v) is 17.0. The predicted octanol–water partition coefficient (Wildman–Crippen LogP) is 6.55. The highest BCUT2D eigenvalue weighted by molar-refractivity contribution is 7.62. The van der Waals surface area contributed by atoms with Gasteiger partial charge in [0.15, 0.2) is 0 Å². The molecular formula is C24H23O3P. The third-order valence-corrected chi connectivity index (χ3v) is 6.95. The monoisotopic (exact) mass is 390 g/mol. The number of hydrogen-bond donors (Lipinski definition) is 0. The molecule has 0 aliphatic carbocycles. The van der Waals surface area contributed by atoms with Crippen molar-refractivity contribution in [3.8, 4) is 11.1 Å². The van der Waals surface area contributed by atoms with Crippen molar-refractivity contribution in [3.63, 3.8) is 0 Å². The second-order valence-corrected chi connectivity index (χ2v) is 8.60. The van der Waals surface area contributed by atoms with E-state index in [1.54, 1.807) is 0 Å². The Bertz CT molecular complexity index is 1170. The number of hydrogen-bond acceptors (Lipinski definition) is 3. The van der Waals surface area contributed by atoms with Crippen molar-refractivity contribution in [2.24, 2.45) is 0 Å². The van der Waals surface area contributed by atoms with Gasteiger partial charge in [0.05, 0.1) is 18.5 Å². The fourth-order valence-electron chi connectivity index (χ4n) is 3.66. The van der Waals surface area contributed by atoms with E-state index in [1.165, 1.54) is 21.5 Å². The van der Waals surface area contributed by atoms with Gasteiger partial charge in [-0.1, -0.05) is 60.7 Å². The summed E-state index contributed by atoms with van der Waals surface area (Å²) in [4.78, 5) is 0. The minimum atomic E-state index is -3.33. The minimum Gasteiger partial charge on any atom is -0.305 e. The molecule has 4 aromatic rings. The zero-order chi connectivity index (χ0) is 19.6. The Balaban J connectivity index is 1.94. The Labute approximate surface area is 165 Å². The molecule has 28 heavy (non-hydrogen) atoms. The van der Waals surface area contributed by atoms with Crippen LogP contribution in [-0.2, 0) is 13.6 Å². The molecule has 0 saturated heterocycles. The second kappa shape index (κ2) is 7.89. The van der Waals surface area contributed by atoms with E-state index in [4.69, 9.17) is 9.05 Å². The molecule has 0 heterocycles. The van der Waals surface area contributed by atoms with Gasteiger partial charge in [-0.2, -0.15) is 0 Å². The van der Waals surface area contributed by atoms with E-state index in [2.05, 4.69) is 54.6 Å². The molecule has 142 valence electrons.